The van der Waals surface area contributed by atoms with E-state index < -0.39 is 0 Å². The van der Waals surface area contributed by atoms with E-state index >= 15 is 0 Å². The summed E-state index contributed by atoms with van der Waals surface area (Å²) < 4.78 is 0. The number of aliphatic hydroxyl groups is 1. The molecule has 1 atom stereocenters. The molecule has 4 heteroatoms. The van der Waals surface area contributed by atoms with Gasteiger partial charge in [0.25, 0.3) is 0 Å². The minimum atomic E-state index is 0.208. The Kier molecular flexibility index (Phi) is 5.11. The molecular formula is C14H23N3O. The minimum Gasteiger partial charge on any atom is -0.395 e. The monoisotopic (exact) mass is 249 g/mol. The quantitative estimate of drug-likeness (QED) is 0.711. The molecule has 0 aliphatic heterocycles. The second-order valence-corrected chi connectivity index (χ2v) is 5.19. The van der Waals surface area contributed by atoms with Gasteiger partial charge in [-0.25, -0.2) is 0 Å². The molecule has 0 amide bonds. The molecule has 1 saturated carbocycles. The Bertz CT molecular complexity index is 340. The summed E-state index contributed by atoms with van der Waals surface area (Å²) in [5.74, 6) is 0. The molecule has 2 rings (SSSR count). The van der Waals surface area contributed by atoms with Crippen molar-refractivity contribution >= 4 is 0 Å². The zero-order valence-electron chi connectivity index (χ0n) is 11.0. The molecule has 2 N–H and O–H groups in total. The molecule has 1 aliphatic carbocycles. The zero-order chi connectivity index (χ0) is 12.8. The Labute approximate surface area is 109 Å². The van der Waals surface area contributed by atoms with Crippen LogP contribution in [0.1, 0.15) is 18.4 Å². The number of hydrogen-bond donors (Lipinski definition) is 2. The fraction of sp³-hybridized carbons (Fsp3) is 0.643. The van der Waals surface area contributed by atoms with Crippen LogP contribution in [0.2, 0.25) is 0 Å². The molecule has 1 unspecified atom stereocenters. The van der Waals surface area contributed by atoms with Crippen LogP contribution in [0, 0.1) is 0 Å². The van der Waals surface area contributed by atoms with Gasteiger partial charge in [0.15, 0.2) is 0 Å². The van der Waals surface area contributed by atoms with Crippen molar-refractivity contribution in [3.8, 4) is 0 Å². The number of nitrogens with one attached hydrogen (secondary N) is 1. The van der Waals surface area contributed by atoms with E-state index in [-0.39, 0.29) is 12.6 Å². The highest BCUT2D eigenvalue weighted by Gasteiger charge is 2.24. The van der Waals surface area contributed by atoms with Crippen molar-refractivity contribution in [3.05, 3.63) is 30.1 Å². The summed E-state index contributed by atoms with van der Waals surface area (Å²) in [5, 5.41) is 12.8. The van der Waals surface area contributed by atoms with Gasteiger partial charge in [0.1, 0.15) is 0 Å². The number of hydrogen-bond acceptors (Lipinski definition) is 4. The predicted octanol–water partition coefficient (Wildman–Crippen LogP) is 0.669. The van der Waals surface area contributed by atoms with Gasteiger partial charge < -0.3 is 15.3 Å². The van der Waals surface area contributed by atoms with E-state index in [0.717, 1.165) is 19.5 Å². The lowest BCUT2D eigenvalue weighted by Gasteiger charge is -2.23. The van der Waals surface area contributed by atoms with E-state index in [0.29, 0.717) is 6.04 Å². The lowest BCUT2D eigenvalue weighted by molar-refractivity contribution is 0.198. The second-order valence-electron chi connectivity index (χ2n) is 5.19. The highest BCUT2D eigenvalue weighted by Crippen LogP contribution is 2.19. The number of rotatable bonds is 8. The van der Waals surface area contributed by atoms with Crippen molar-refractivity contribution in [1.29, 1.82) is 0 Å². The Balaban J connectivity index is 1.68. The van der Waals surface area contributed by atoms with Crippen LogP contribution in [0.3, 0.4) is 0 Å². The normalized spacial score (nSPS) is 17.1. The van der Waals surface area contributed by atoms with E-state index in [1.54, 1.807) is 0 Å². The third-order valence-electron chi connectivity index (χ3n) is 3.33. The Morgan fingerprint density at radius 2 is 2.17 bits per heavy atom. The van der Waals surface area contributed by atoms with Crippen LogP contribution in [0.4, 0.5) is 0 Å². The van der Waals surface area contributed by atoms with Gasteiger partial charge in [0, 0.05) is 37.6 Å². The van der Waals surface area contributed by atoms with Gasteiger partial charge in [-0.3, -0.25) is 4.98 Å². The van der Waals surface area contributed by atoms with E-state index in [2.05, 4.69) is 34.4 Å². The molecule has 1 aliphatic rings. The van der Waals surface area contributed by atoms with Crippen molar-refractivity contribution in [2.24, 2.45) is 0 Å². The number of aromatic nitrogens is 1. The first-order valence-corrected chi connectivity index (χ1v) is 6.72. The minimum absolute atomic E-state index is 0.208. The van der Waals surface area contributed by atoms with Gasteiger partial charge in [-0.05, 0) is 44.0 Å². The van der Waals surface area contributed by atoms with Crippen LogP contribution < -0.4 is 5.32 Å². The molecule has 1 heterocycles. The molecule has 0 aromatic carbocycles. The van der Waals surface area contributed by atoms with E-state index in [4.69, 9.17) is 0 Å². The summed E-state index contributed by atoms with van der Waals surface area (Å²) >= 11 is 0. The summed E-state index contributed by atoms with van der Waals surface area (Å²) in [6.45, 7) is 2.13. The van der Waals surface area contributed by atoms with E-state index in [9.17, 15) is 5.11 Å². The highest BCUT2D eigenvalue weighted by molar-refractivity contribution is 5.09. The molecule has 0 saturated heterocycles. The standard InChI is InChI=1S/C14H23N3O/c1-17(9-6-12-4-7-15-8-5-12)10-14(11-18)16-13-2-3-13/h4-5,7-8,13-14,16,18H,2-3,6,9-11H2,1H3. The van der Waals surface area contributed by atoms with Crippen molar-refractivity contribution in [2.45, 2.75) is 31.3 Å². The van der Waals surface area contributed by atoms with Crippen LogP contribution in [-0.4, -0.2) is 53.8 Å². The van der Waals surface area contributed by atoms with Crippen molar-refractivity contribution < 1.29 is 5.11 Å². The molecule has 18 heavy (non-hydrogen) atoms. The summed E-state index contributed by atoms with van der Waals surface area (Å²) in [7, 11) is 2.11. The molecule has 1 aromatic rings. The fourth-order valence-electron chi connectivity index (χ4n) is 2.08. The summed E-state index contributed by atoms with van der Waals surface area (Å²) in [6.07, 6.45) is 7.22. The van der Waals surface area contributed by atoms with Crippen LogP contribution in [-0.2, 0) is 6.42 Å². The average Bonchev–Trinajstić information content (AvgIpc) is 3.21. The molecule has 0 bridgehead atoms. The number of pyridine rings is 1. The molecular weight excluding hydrogens is 226 g/mol. The molecule has 1 aromatic heterocycles. The topological polar surface area (TPSA) is 48.4 Å². The Hall–Kier alpha value is -0.970. The zero-order valence-corrected chi connectivity index (χ0v) is 11.0. The largest absolute Gasteiger partial charge is 0.395 e. The van der Waals surface area contributed by atoms with Crippen molar-refractivity contribution in [1.82, 2.24) is 15.2 Å². The fourth-order valence-corrected chi connectivity index (χ4v) is 2.08. The highest BCUT2D eigenvalue weighted by atomic mass is 16.3. The van der Waals surface area contributed by atoms with Gasteiger partial charge in [0.2, 0.25) is 0 Å². The first kappa shape index (κ1) is 13.5. The van der Waals surface area contributed by atoms with Gasteiger partial charge in [0.05, 0.1) is 6.61 Å². The third-order valence-corrected chi connectivity index (χ3v) is 3.33. The SMILES string of the molecule is CN(CCc1ccncc1)CC(CO)NC1CC1. The second kappa shape index (κ2) is 6.83. The van der Waals surface area contributed by atoms with E-state index in [1.807, 2.05) is 12.4 Å². The lowest BCUT2D eigenvalue weighted by Crippen LogP contribution is -2.43. The first-order chi connectivity index (χ1) is 8.78. The molecule has 0 spiro atoms. The Morgan fingerprint density at radius 3 is 2.78 bits per heavy atom. The van der Waals surface area contributed by atoms with Crippen molar-refractivity contribution in [3.63, 3.8) is 0 Å². The van der Waals surface area contributed by atoms with Crippen LogP contribution in [0.5, 0.6) is 0 Å². The number of aliphatic hydroxyl groups excluding tert-OH is 1. The van der Waals surface area contributed by atoms with Gasteiger partial charge >= 0.3 is 0 Å². The third kappa shape index (κ3) is 4.72. The van der Waals surface area contributed by atoms with Gasteiger partial charge in [-0.2, -0.15) is 0 Å². The number of likely N-dealkylation sites (N-methyl/N-ethyl adjacent to an activating group) is 1. The lowest BCUT2D eigenvalue weighted by atomic mass is 10.2. The molecule has 1 fully saturated rings. The van der Waals surface area contributed by atoms with Gasteiger partial charge in [-0.1, -0.05) is 0 Å². The first-order valence-electron chi connectivity index (χ1n) is 6.72. The maximum absolute atomic E-state index is 9.34. The smallest absolute Gasteiger partial charge is 0.0597 e. The molecule has 100 valence electrons. The summed E-state index contributed by atoms with van der Waals surface area (Å²) in [4.78, 5) is 6.29. The summed E-state index contributed by atoms with van der Waals surface area (Å²) in [6, 6.07) is 4.97. The van der Waals surface area contributed by atoms with Crippen LogP contribution in [0.15, 0.2) is 24.5 Å². The van der Waals surface area contributed by atoms with Crippen molar-refractivity contribution in [2.75, 3.05) is 26.7 Å². The van der Waals surface area contributed by atoms with Gasteiger partial charge in [-0.15, -0.1) is 0 Å². The maximum Gasteiger partial charge on any atom is 0.0597 e. The predicted molar refractivity (Wildman–Crippen MR) is 72.5 cm³/mol. The maximum atomic E-state index is 9.34. The molecule has 0 radical (unpaired) electrons. The summed E-state index contributed by atoms with van der Waals surface area (Å²) in [5.41, 5.74) is 1.31. The number of nitrogens with zero attached hydrogens (tertiary/aromatic N) is 2. The molecule has 4 nitrogen and oxygen atoms in total. The van der Waals surface area contributed by atoms with E-state index in [1.165, 1.54) is 18.4 Å². The Morgan fingerprint density at radius 1 is 1.44 bits per heavy atom. The van der Waals surface area contributed by atoms with Crippen LogP contribution in [0.25, 0.3) is 0 Å². The average molecular weight is 249 g/mol. The van der Waals surface area contributed by atoms with Crippen LogP contribution >= 0.6 is 0 Å².